The van der Waals surface area contributed by atoms with E-state index in [4.69, 9.17) is 4.74 Å². The number of ether oxygens (including phenoxy) is 1. The zero-order valence-corrected chi connectivity index (χ0v) is 15.5. The number of hydrogen-bond acceptors (Lipinski definition) is 4. The van der Waals surface area contributed by atoms with Crippen LogP contribution in [0.5, 0.6) is 0 Å². The molecule has 3 aromatic rings. The van der Waals surface area contributed by atoms with E-state index in [1.807, 2.05) is 50.2 Å². The molecule has 0 bridgehead atoms. The summed E-state index contributed by atoms with van der Waals surface area (Å²) in [5, 5.41) is 2.76. The number of benzene rings is 1. The van der Waals surface area contributed by atoms with Crippen molar-refractivity contribution in [3.63, 3.8) is 0 Å². The number of aryl methyl sites for hydroxylation is 1. The third-order valence-corrected chi connectivity index (χ3v) is 4.34. The Kier molecular flexibility index (Phi) is 5.98. The topological polar surface area (TPSA) is 72.7 Å². The van der Waals surface area contributed by atoms with E-state index in [0.29, 0.717) is 25.2 Å². The van der Waals surface area contributed by atoms with Gasteiger partial charge in [0, 0.05) is 25.5 Å². The summed E-state index contributed by atoms with van der Waals surface area (Å²) < 4.78 is 7.18. The lowest BCUT2D eigenvalue weighted by Gasteiger charge is -2.13. The van der Waals surface area contributed by atoms with Crippen molar-refractivity contribution in [3.8, 4) is 0 Å². The number of hydrogen-bond donors (Lipinski definition) is 1. The fraction of sp³-hybridized carbons (Fsp3) is 0.286. The van der Waals surface area contributed by atoms with Gasteiger partial charge in [0.25, 0.3) is 11.5 Å². The Hall–Kier alpha value is -2.99. The Balaban J connectivity index is 1.52. The van der Waals surface area contributed by atoms with E-state index in [2.05, 4.69) is 10.3 Å². The lowest BCUT2D eigenvalue weighted by atomic mass is 10.1. The van der Waals surface area contributed by atoms with E-state index < -0.39 is 5.91 Å². The summed E-state index contributed by atoms with van der Waals surface area (Å²) in [5.74, 6) is -0.417. The standard InChI is InChI=1S/C21H23N3O3/c1-15-9-10-19-23-13-18(21(26)24(19)14-15)20(25)22-11-6-12-27-16(2)17-7-4-3-5-8-17/h3-5,7-10,13-14,16H,6,11-12H2,1-2H3,(H,22,25). The van der Waals surface area contributed by atoms with Gasteiger partial charge in [0.05, 0.1) is 6.10 Å². The van der Waals surface area contributed by atoms with Crippen molar-refractivity contribution in [2.45, 2.75) is 26.4 Å². The van der Waals surface area contributed by atoms with E-state index in [-0.39, 0.29) is 17.2 Å². The third-order valence-electron chi connectivity index (χ3n) is 4.34. The van der Waals surface area contributed by atoms with Crippen LogP contribution in [0.2, 0.25) is 0 Å². The van der Waals surface area contributed by atoms with Crippen LogP contribution >= 0.6 is 0 Å². The van der Waals surface area contributed by atoms with Crippen molar-refractivity contribution >= 4 is 11.6 Å². The molecule has 6 heteroatoms. The smallest absolute Gasteiger partial charge is 0.270 e. The molecule has 6 nitrogen and oxygen atoms in total. The van der Waals surface area contributed by atoms with Crippen LogP contribution in [0.1, 0.15) is 40.9 Å². The highest BCUT2D eigenvalue weighted by molar-refractivity contribution is 5.93. The molecule has 0 aliphatic carbocycles. The second-order valence-electron chi connectivity index (χ2n) is 6.44. The molecule has 1 aromatic carbocycles. The van der Waals surface area contributed by atoms with Crippen LogP contribution < -0.4 is 10.9 Å². The monoisotopic (exact) mass is 365 g/mol. The Morgan fingerprint density at radius 3 is 2.78 bits per heavy atom. The molecule has 0 fully saturated rings. The normalized spacial score (nSPS) is 12.1. The Labute approximate surface area is 157 Å². The average Bonchev–Trinajstić information content (AvgIpc) is 2.68. The van der Waals surface area contributed by atoms with Crippen LogP contribution in [0.3, 0.4) is 0 Å². The zero-order valence-electron chi connectivity index (χ0n) is 15.5. The van der Waals surface area contributed by atoms with Crippen LogP contribution in [-0.2, 0) is 4.74 Å². The zero-order chi connectivity index (χ0) is 19.2. The lowest BCUT2D eigenvalue weighted by molar-refractivity contribution is 0.0635. The number of aromatic nitrogens is 2. The quantitative estimate of drug-likeness (QED) is 0.654. The molecule has 0 saturated heterocycles. The van der Waals surface area contributed by atoms with Crippen LogP contribution in [0, 0.1) is 6.92 Å². The number of fused-ring (bicyclic) bond motifs is 1. The van der Waals surface area contributed by atoms with Gasteiger partial charge in [0.1, 0.15) is 11.2 Å². The van der Waals surface area contributed by atoms with Gasteiger partial charge in [-0.2, -0.15) is 0 Å². The summed E-state index contributed by atoms with van der Waals surface area (Å²) in [5.41, 5.74) is 2.23. The minimum atomic E-state index is -0.417. The van der Waals surface area contributed by atoms with Gasteiger partial charge in [-0.3, -0.25) is 14.0 Å². The number of nitrogens with one attached hydrogen (secondary N) is 1. The molecule has 0 aliphatic heterocycles. The Morgan fingerprint density at radius 1 is 1.22 bits per heavy atom. The minimum Gasteiger partial charge on any atom is -0.374 e. The first-order valence-electron chi connectivity index (χ1n) is 8.99. The number of amides is 1. The fourth-order valence-electron chi connectivity index (χ4n) is 2.79. The van der Waals surface area contributed by atoms with Crippen molar-refractivity contribution in [1.82, 2.24) is 14.7 Å². The molecule has 2 heterocycles. The van der Waals surface area contributed by atoms with Gasteiger partial charge in [-0.25, -0.2) is 4.98 Å². The SMILES string of the molecule is Cc1ccc2ncc(C(=O)NCCCOC(C)c3ccccc3)c(=O)n2c1. The van der Waals surface area contributed by atoms with Gasteiger partial charge in [-0.05, 0) is 37.5 Å². The van der Waals surface area contributed by atoms with Crippen molar-refractivity contribution in [3.05, 3.63) is 81.9 Å². The van der Waals surface area contributed by atoms with Gasteiger partial charge in [0.15, 0.2) is 0 Å². The maximum atomic E-state index is 12.5. The average molecular weight is 365 g/mol. The second kappa shape index (κ2) is 8.60. The molecule has 0 saturated carbocycles. The number of pyridine rings is 1. The number of carbonyl (C=O) groups is 1. The number of nitrogens with zero attached hydrogens (tertiary/aromatic N) is 2. The molecule has 1 unspecified atom stereocenters. The summed E-state index contributed by atoms with van der Waals surface area (Å²) in [6.45, 7) is 4.83. The van der Waals surface area contributed by atoms with Crippen molar-refractivity contribution in [2.75, 3.05) is 13.2 Å². The molecule has 1 amide bonds. The van der Waals surface area contributed by atoms with Crippen LogP contribution in [0.25, 0.3) is 5.65 Å². The summed E-state index contributed by atoms with van der Waals surface area (Å²) in [6, 6.07) is 13.6. The van der Waals surface area contributed by atoms with Gasteiger partial charge in [-0.15, -0.1) is 0 Å². The Bertz CT molecular complexity index is 983. The van der Waals surface area contributed by atoms with Crippen molar-refractivity contribution in [2.24, 2.45) is 0 Å². The molecule has 1 N–H and O–H groups in total. The Morgan fingerprint density at radius 2 is 2.00 bits per heavy atom. The predicted molar refractivity (Wildman–Crippen MR) is 104 cm³/mol. The first kappa shape index (κ1) is 18.8. The summed E-state index contributed by atoms with van der Waals surface area (Å²) in [7, 11) is 0. The summed E-state index contributed by atoms with van der Waals surface area (Å²) in [6.07, 6.45) is 3.67. The predicted octanol–water partition coefficient (Wildman–Crippen LogP) is 2.90. The lowest BCUT2D eigenvalue weighted by Crippen LogP contribution is -2.32. The van der Waals surface area contributed by atoms with Crippen LogP contribution in [-0.4, -0.2) is 28.4 Å². The summed E-state index contributed by atoms with van der Waals surface area (Å²) in [4.78, 5) is 29.0. The first-order valence-corrected chi connectivity index (χ1v) is 8.99. The van der Waals surface area contributed by atoms with Gasteiger partial charge >= 0.3 is 0 Å². The van der Waals surface area contributed by atoms with Crippen LogP contribution in [0.4, 0.5) is 0 Å². The molecule has 27 heavy (non-hydrogen) atoms. The van der Waals surface area contributed by atoms with E-state index in [1.54, 1.807) is 12.3 Å². The number of rotatable bonds is 7. The molecule has 1 atom stereocenters. The highest BCUT2D eigenvalue weighted by atomic mass is 16.5. The van der Waals surface area contributed by atoms with Gasteiger partial charge in [0.2, 0.25) is 0 Å². The van der Waals surface area contributed by atoms with E-state index >= 15 is 0 Å². The summed E-state index contributed by atoms with van der Waals surface area (Å²) >= 11 is 0. The maximum Gasteiger partial charge on any atom is 0.270 e. The molecular formula is C21H23N3O3. The third kappa shape index (κ3) is 4.60. The van der Waals surface area contributed by atoms with Crippen LogP contribution in [0.15, 0.2) is 59.7 Å². The highest BCUT2D eigenvalue weighted by Crippen LogP contribution is 2.15. The molecule has 0 spiro atoms. The first-order chi connectivity index (χ1) is 13.1. The van der Waals surface area contributed by atoms with E-state index in [0.717, 1.165) is 11.1 Å². The maximum absolute atomic E-state index is 12.5. The number of carbonyl (C=O) groups excluding carboxylic acids is 1. The van der Waals surface area contributed by atoms with E-state index in [9.17, 15) is 9.59 Å². The molecule has 3 rings (SSSR count). The van der Waals surface area contributed by atoms with Crippen molar-refractivity contribution in [1.29, 1.82) is 0 Å². The molecule has 0 aliphatic rings. The minimum absolute atomic E-state index is 0.000488. The molecular weight excluding hydrogens is 342 g/mol. The second-order valence-corrected chi connectivity index (χ2v) is 6.44. The van der Waals surface area contributed by atoms with E-state index in [1.165, 1.54) is 10.6 Å². The van der Waals surface area contributed by atoms with Gasteiger partial charge < -0.3 is 10.1 Å². The highest BCUT2D eigenvalue weighted by Gasteiger charge is 2.13. The largest absolute Gasteiger partial charge is 0.374 e. The molecule has 0 radical (unpaired) electrons. The fourth-order valence-corrected chi connectivity index (χ4v) is 2.79. The van der Waals surface area contributed by atoms with Crippen molar-refractivity contribution < 1.29 is 9.53 Å². The molecule has 2 aromatic heterocycles. The molecule has 140 valence electrons. The van der Waals surface area contributed by atoms with Gasteiger partial charge in [-0.1, -0.05) is 36.4 Å².